The Morgan fingerprint density at radius 3 is 2.46 bits per heavy atom. The van der Waals surface area contributed by atoms with Gasteiger partial charge in [-0.2, -0.15) is 0 Å². The minimum atomic E-state index is 0.346. The third kappa shape index (κ3) is 1.95. The molecule has 0 aliphatic heterocycles. The molecule has 0 aromatic rings. The summed E-state index contributed by atoms with van der Waals surface area (Å²) in [5.74, 6) is 2.07. The second-order valence-electron chi connectivity index (χ2n) is 5.29. The standard InChI is InChI=1S/C12H22O/c1-9-5-6-10(2)12(3,4)11(9)7-8-13/h8-11H,5-7H2,1-4H3. The molecule has 1 heteroatoms. The van der Waals surface area contributed by atoms with E-state index in [4.69, 9.17) is 0 Å². The van der Waals surface area contributed by atoms with Gasteiger partial charge in [0.05, 0.1) is 0 Å². The average molecular weight is 182 g/mol. The van der Waals surface area contributed by atoms with E-state index < -0.39 is 0 Å². The fourth-order valence-corrected chi connectivity index (χ4v) is 2.82. The molecule has 1 aliphatic carbocycles. The normalized spacial score (nSPS) is 38.6. The molecular weight excluding hydrogens is 160 g/mol. The van der Waals surface area contributed by atoms with E-state index in [0.29, 0.717) is 11.3 Å². The second-order valence-corrected chi connectivity index (χ2v) is 5.29. The second kappa shape index (κ2) is 3.81. The zero-order valence-electron chi connectivity index (χ0n) is 9.34. The summed E-state index contributed by atoms with van der Waals surface area (Å²) in [5, 5.41) is 0. The molecule has 3 unspecified atom stereocenters. The molecule has 0 bridgehead atoms. The van der Waals surface area contributed by atoms with Crippen LogP contribution in [0.15, 0.2) is 0 Å². The summed E-state index contributed by atoms with van der Waals surface area (Å²) >= 11 is 0. The van der Waals surface area contributed by atoms with Gasteiger partial charge in [-0.25, -0.2) is 0 Å². The van der Waals surface area contributed by atoms with Crippen LogP contribution < -0.4 is 0 Å². The molecule has 3 atom stereocenters. The van der Waals surface area contributed by atoms with E-state index in [2.05, 4.69) is 27.7 Å². The van der Waals surface area contributed by atoms with Crippen LogP contribution in [0, 0.1) is 23.2 Å². The number of rotatable bonds is 2. The van der Waals surface area contributed by atoms with Crippen LogP contribution in [0.3, 0.4) is 0 Å². The Hall–Kier alpha value is -0.330. The first-order valence-corrected chi connectivity index (χ1v) is 5.43. The average Bonchev–Trinajstić information content (AvgIpc) is 2.06. The monoisotopic (exact) mass is 182 g/mol. The van der Waals surface area contributed by atoms with Crippen molar-refractivity contribution in [3.05, 3.63) is 0 Å². The molecule has 0 aromatic carbocycles. The molecule has 1 aliphatic rings. The van der Waals surface area contributed by atoms with E-state index in [0.717, 1.165) is 24.5 Å². The van der Waals surface area contributed by atoms with Crippen LogP contribution in [0.1, 0.15) is 47.0 Å². The van der Waals surface area contributed by atoms with Crippen molar-refractivity contribution in [2.75, 3.05) is 0 Å². The molecule has 1 rings (SSSR count). The Labute approximate surface area is 81.9 Å². The predicted molar refractivity (Wildman–Crippen MR) is 55.5 cm³/mol. The third-order valence-corrected chi connectivity index (χ3v) is 4.32. The van der Waals surface area contributed by atoms with E-state index >= 15 is 0 Å². The number of hydrogen-bond donors (Lipinski definition) is 0. The van der Waals surface area contributed by atoms with Crippen molar-refractivity contribution in [2.45, 2.75) is 47.0 Å². The van der Waals surface area contributed by atoms with Crippen LogP contribution in [0.4, 0.5) is 0 Å². The Kier molecular flexibility index (Phi) is 3.15. The van der Waals surface area contributed by atoms with Crippen LogP contribution in [-0.4, -0.2) is 6.29 Å². The lowest BCUT2D eigenvalue weighted by atomic mass is 9.58. The lowest BCUT2D eigenvalue weighted by Gasteiger charge is -2.47. The lowest BCUT2D eigenvalue weighted by Crippen LogP contribution is -2.39. The van der Waals surface area contributed by atoms with E-state index in [1.807, 2.05) is 0 Å². The van der Waals surface area contributed by atoms with Crippen molar-refractivity contribution in [2.24, 2.45) is 23.2 Å². The first kappa shape index (κ1) is 10.7. The fraction of sp³-hybridized carbons (Fsp3) is 0.917. The van der Waals surface area contributed by atoms with Crippen molar-refractivity contribution < 1.29 is 4.79 Å². The van der Waals surface area contributed by atoms with Gasteiger partial charge in [-0.05, 0) is 29.6 Å². The predicted octanol–water partition coefficient (Wildman–Crippen LogP) is 3.28. The van der Waals surface area contributed by atoms with Crippen LogP contribution >= 0.6 is 0 Å². The molecule has 0 spiro atoms. The van der Waals surface area contributed by atoms with Crippen LogP contribution in [0.25, 0.3) is 0 Å². The van der Waals surface area contributed by atoms with Gasteiger partial charge in [0.15, 0.2) is 0 Å². The smallest absolute Gasteiger partial charge is 0.120 e. The Bertz CT molecular complexity index is 184. The number of carbonyl (C=O) groups is 1. The zero-order valence-corrected chi connectivity index (χ0v) is 9.34. The first-order chi connectivity index (χ1) is 6.00. The molecule has 0 amide bonds. The number of hydrogen-bond acceptors (Lipinski definition) is 1. The van der Waals surface area contributed by atoms with Crippen molar-refractivity contribution in [3.8, 4) is 0 Å². The van der Waals surface area contributed by atoms with Gasteiger partial charge in [-0.3, -0.25) is 0 Å². The van der Waals surface area contributed by atoms with Gasteiger partial charge in [0, 0.05) is 6.42 Å². The SMILES string of the molecule is CC1CCC(C)C(C)(C)C1CC=O. The van der Waals surface area contributed by atoms with E-state index in [9.17, 15) is 4.79 Å². The van der Waals surface area contributed by atoms with Gasteiger partial charge in [-0.1, -0.05) is 34.1 Å². The first-order valence-electron chi connectivity index (χ1n) is 5.43. The Balaban J connectivity index is 2.78. The molecule has 0 radical (unpaired) electrons. The highest BCUT2D eigenvalue weighted by molar-refractivity contribution is 5.50. The molecule has 0 saturated heterocycles. The topological polar surface area (TPSA) is 17.1 Å². The van der Waals surface area contributed by atoms with Crippen molar-refractivity contribution in [1.29, 1.82) is 0 Å². The molecule has 1 nitrogen and oxygen atoms in total. The summed E-state index contributed by atoms with van der Waals surface area (Å²) in [5.41, 5.74) is 0.346. The van der Waals surface area contributed by atoms with E-state index in [1.54, 1.807) is 0 Å². The summed E-state index contributed by atoms with van der Waals surface area (Å²) in [7, 11) is 0. The van der Waals surface area contributed by atoms with Crippen LogP contribution in [0.2, 0.25) is 0 Å². The van der Waals surface area contributed by atoms with Crippen molar-refractivity contribution in [1.82, 2.24) is 0 Å². The summed E-state index contributed by atoms with van der Waals surface area (Å²) in [4.78, 5) is 10.6. The van der Waals surface area contributed by atoms with Gasteiger partial charge in [-0.15, -0.1) is 0 Å². The maximum Gasteiger partial charge on any atom is 0.120 e. The summed E-state index contributed by atoms with van der Waals surface area (Å²) < 4.78 is 0. The van der Waals surface area contributed by atoms with Gasteiger partial charge < -0.3 is 4.79 Å². The Morgan fingerprint density at radius 2 is 1.92 bits per heavy atom. The maximum atomic E-state index is 10.6. The van der Waals surface area contributed by atoms with E-state index in [-0.39, 0.29) is 0 Å². The molecular formula is C12H22O. The van der Waals surface area contributed by atoms with Gasteiger partial charge in [0.1, 0.15) is 6.29 Å². The minimum Gasteiger partial charge on any atom is -0.303 e. The highest BCUT2D eigenvalue weighted by Gasteiger charge is 2.40. The zero-order chi connectivity index (χ0) is 10.1. The minimum absolute atomic E-state index is 0.346. The summed E-state index contributed by atoms with van der Waals surface area (Å²) in [6, 6.07) is 0. The van der Waals surface area contributed by atoms with Gasteiger partial charge >= 0.3 is 0 Å². The highest BCUT2D eigenvalue weighted by atomic mass is 16.1. The largest absolute Gasteiger partial charge is 0.303 e. The fourth-order valence-electron chi connectivity index (χ4n) is 2.82. The van der Waals surface area contributed by atoms with Gasteiger partial charge in [0.2, 0.25) is 0 Å². The van der Waals surface area contributed by atoms with Crippen molar-refractivity contribution in [3.63, 3.8) is 0 Å². The quantitative estimate of drug-likeness (QED) is 0.599. The Morgan fingerprint density at radius 1 is 1.31 bits per heavy atom. The van der Waals surface area contributed by atoms with Crippen molar-refractivity contribution >= 4 is 6.29 Å². The molecule has 1 saturated carbocycles. The highest BCUT2D eigenvalue weighted by Crippen LogP contribution is 2.48. The van der Waals surface area contributed by atoms with E-state index in [1.165, 1.54) is 12.8 Å². The lowest BCUT2D eigenvalue weighted by molar-refractivity contribution is -0.111. The molecule has 1 fully saturated rings. The third-order valence-electron chi connectivity index (χ3n) is 4.32. The molecule has 13 heavy (non-hydrogen) atoms. The van der Waals surface area contributed by atoms with Crippen LogP contribution in [-0.2, 0) is 4.79 Å². The summed E-state index contributed by atoms with van der Waals surface area (Å²) in [6.07, 6.45) is 4.46. The molecule has 76 valence electrons. The number of carbonyl (C=O) groups excluding carboxylic acids is 1. The summed E-state index contributed by atoms with van der Waals surface area (Å²) in [6.45, 7) is 9.26. The van der Waals surface area contributed by atoms with Gasteiger partial charge in [0.25, 0.3) is 0 Å². The molecule has 0 aromatic heterocycles. The van der Waals surface area contributed by atoms with Crippen LogP contribution in [0.5, 0.6) is 0 Å². The maximum absolute atomic E-state index is 10.6. The number of aldehydes is 1. The molecule has 0 N–H and O–H groups in total. The molecule has 0 heterocycles.